The molecule has 1 amide bonds. The molecule has 0 saturated carbocycles. The Balaban J connectivity index is 1.81. The van der Waals surface area contributed by atoms with Gasteiger partial charge in [-0.05, 0) is 30.3 Å². The van der Waals surface area contributed by atoms with E-state index >= 15 is 0 Å². The monoisotopic (exact) mass is 360 g/mol. The molecule has 1 atom stereocenters. The number of anilines is 2. The molecule has 1 N–H and O–H groups in total. The molecule has 0 bridgehead atoms. The first kappa shape index (κ1) is 14.8. The van der Waals surface area contributed by atoms with Gasteiger partial charge in [0.05, 0.1) is 6.20 Å². The Hall–Kier alpha value is -2.08. The van der Waals surface area contributed by atoms with Crippen LogP contribution in [0.2, 0.25) is 0 Å². The molecule has 2 aromatic rings. The fourth-order valence-electron chi connectivity index (χ4n) is 2.65. The van der Waals surface area contributed by atoms with E-state index in [4.69, 9.17) is 0 Å². The number of hydrogen-bond acceptors (Lipinski definition) is 3. The average Bonchev–Trinajstić information content (AvgIpc) is 3.01. The minimum atomic E-state index is -0.138. The first-order chi connectivity index (χ1) is 10.7. The maximum atomic E-state index is 11.4. The second-order valence-electron chi connectivity index (χ2n) is 5.27. The molecule has 0 radical (unpaired) electrons. The van der Waals surface area contributed by atoms with Crippen molar-refractivity contribution in [2.45, 2.75) is 6.54 Å². The highest BCUT2D eigenvalue weighted by atomic mass is 79.9. The van der Waals surface area contributed by atoms with Gasteiger partial charge in [0.25, 0.3) is 0 Å². The van der Waals surface area contributed by atoms with Crippen LogP contribution in [0.15, 0.2) is 53.7 Å². The van der Waals surface area contributed by atoms with Crippen molar-refractivity contribution in [1.29, 1.82) is 0 Å². The van der Waals surface area contributed by atoms with Crippen LogP contribution in [0.1, 0.15) is 0 Å². The number of amides is 1. The fraction of sp³-hybridized carbons (Fsp3) is 0.250. The van der Waals surface area contributed by atoms with E-state index in [9.17, 15) is 4.79 Å². The molecule has 1 aromatic carbocycles. The molecule has 1 aromatic heterocycles. The van der Waals surface area contributed by atoms with E-state index in [1.807, 2.05) is 29.1 Å². The second kappa shape index (κ2) is 6.36. The molecule has 22 heavy (non-hydrogen) atoms. The third-order valence-electron chi connectivity index (χ3n) is 3.73. The van der Waals surface area contributed by atoms with Crippen LogP contribution in [-0.4, -0.2) is 28.8 Å². The third kappa shape index (κ3) is 3.06. The number of nitrogens with one attached hydrogen (secondary N) is 1. The lowest BCUT2D eigenvalue weighted by Gasteiger charge is -2.34. The molecular weight excluding hydrogens is 344 g/mol. The van der Waals surface area contributed by atoms with Gasteiger partial charge in [-0.1, -0.05) is 22.5 Å². The van der Waals surface area contributed by atoms with Gasteiger partial charge in [0.2, 0.25) is 5.91 Å². The molecule has 1 aliphatic heterocycles. The predicted octanol–water partition coefficient (Wildman–Crippen LogP) is 2.72. The molecule has 0 spiro atoms. The highest BCUT2D eigenvalue weighted by molar-refractivity contribution is 9.10. The van der Waals surface area contributed by atoms with Crippen LogP contribution >= 0.6 is 15.9 Å². The summed E-state index contributed by atoms with van der Waals surface area (Å²) in [4.78, 5) is 13.6. The van der Waals surface area contributed by atoms with Crippen LogP contribution in [0, 0.1) is 5.92 Å². The van der Waals surface area contributed by atoms with E-state index in [0.29, 0.717) is 12.5 Å². The van der Waals surface area contributed by atoms with Crippen LogP contribution in [0.4, 0.5) is 11.5 Å². The molecule has 6 heteroatoms. The van der Waals surface area contributed by atoms with Gasteiger partial charge in [0, 0.05) is 41.8 Å². The quantitative estimate of drug-likeness (QED) is 0.852. The SMILES string of the molecule is C=CC(=O)NCC1CN(c2ccc(Br)cc2)c2ccnn2C1. The number of carbonyl (C=O) groups excluding carboxylic acids is 1. The van der Waals surface area contributed by atoms with Crippen molar-refractivity contribution < 1.29 is 4.79 Å². The predicted molar refractivity (Wildman–Crippen MR) is 90.1 cm³/mol. The van der Waals surface area contributed by atoms with E-state index < -0.39 is 0 Å². The van der Waals surface area contributed by atoms with Crippen LogP contribution in [0.3, 0.4) is 0 Å². The van der Waals surface area contributed by atoms with Gasteiger partial charge in [-0.15, -0.1) is 0 Å². The second-order valence-corrected chi connectivity index (χ2v) is 6.19. The summed E-state index contributed by atoms with van der Waals surface area (Å²) in [7, 11) is 0. The van der Waals surface area contributed by atoms with Gasteiger partial charge in [-0.25, -0.2) is 4.68 Å². The fourth-order valence-corrected chi connectivity index (χ4v) is 2.92. The number of fused-ring (bicyclic) bond motifs is 1. The number of benzene rings is 1. The highest BCUT2D eigenvalue weighted by Gasteiger charge is 2.26. The molecule has 1 unspecified atom stereocenters. The highest BCUT2D eigenvalue weighted by Crippen LogP contribution is 2.31. The number of aromatic nitrogens is 2. The summed E-state index contributed by atoms with van der Waals surface area (Å²) in [5.74, 6) is 1.23. The summed E-state index contributed by atoms with van der Waals surface area (Å²) in [5.41, 5.74) is 1.12. The molecule has 114 valence electrons. The summed E-state index contributed by atoms with van der Waals surface area (Å²) < 4.78 is 3.03. The number of rotatable bonds is 4. The number of halogens is 1. The maximum Gasteiger partial charge on any atom is 0.243 e. The molecule has 0 aliphatic carbocycles. The van der Waals surface area contributed by atoms with Crippen LogP contribution in [0.5, 0.6) is 0 Å². The molecule has 0 fully saturated rings. The van der Waals surface area contributed by atoms with Gasteiger partial charge < -0.3 is 10.2 Å². The van der Waals surface area contributed by atoms with E-state index in [1.165, 1.54) is 6.08 Å². The number of hydrogen-bond donors (Lipinski definition) is 1. The van der Waals surface area contributed by atoms with Crippen molar-refractivity contribution in [2.75, 3.05) is 18.0 Å². The Morgan fingerprint density at radius 2 is 2.14 bits per heavy atom. The summed E-state index contributed by atoms with van der Waals surface area (Å²) in [5, 5.41) is 7.25. The van der Waals surface area contributed by atoms with Crippen molar-refractivity contribution in [2.24, 2.45) is 5.92 Å². The summed E-state index contributed by atoms with van der Waals surface area (Å²) in [6, 6.07) is 10.2. The topological polar surface area (TPSA) is 50.2 Å². The Labute approximate surface area is 137 Å². The summed E-state index contributed by atoms with van der Waals surface area (Å²) in [6.07, 6.45) is 3.11. The van der Waals surface area contributed by atoms with Gasteiger partial charge in [0.15, 0.2) is 0 Å². The van der Waals surface area contributed by atoms with Crippen LogP contribution in [0.25, 0.3) is 0 Å². The zero-order valence-corrected chi connectivity index (χ0v) is 13.7. The molecule has 2 heterocycles. The number of nitrogens with zero attached hydrogens (tertiary/aromatic N) is 3. The Bertz CT molecular complexity index is 680. The Morgan fingerprint density at radius 3 is 2.86 bits per heavy atom. The van der Waals surface area contributed by atoms with Gasteiger partial charge in [-0.3, -0.25) is 4.79 Å². The first-order valence-electron chi connectivity index (χ1n) is 7.12. The lowest BCUT2D eigenvalue weighted by atomic mass is 10.1. The first-order valence-corrected chi connectivity index (χ1v) is 7.92. The third-order valence-corrected chi connectivity index (χ3v) is 4.26. The number of carbonyl (C=O) groups is 1. The Kier molecular flexibility index (Phi) is 4.29. The average molecular weight is 361 g/mol. The van der Waals surface area contributed by atoms with E-state index in [-0.39, 0.29) is 5.91 Å². The minimum absolute atomic E-state index is 0.138. The molecule has 5 nitrogen and oxygen atoms in total. The van der Waals surface area contributed by atoms with Crippen LogP contribution in [-0.2, 0) is 11.3 Å². The maximum absolute atomic E-state index is 11.4. The van der Waals surface area contributed by atoms with Gasteiger partial charge >= 0.3 is 0 Å². The zero-order chi connectivity index (χ0) is 15.5. The summed E-state index contributed by atoms with van der Waals surface area (Å²) >= 11 is 3.46. The zero-order valence-electron chi connectivity index (χ0n) is 12.1. The van der Waals surface area contributed by atoms with Crippen molar-refractivity contribution in [3.05, 3.63) is 53.7 Å². The van der Waals surface area contributed by atoms with E-state index in [1.54, 1.807) is 0 Å². The van der Waals surface area contributed by atoms with Gasteiger partial charge in [0.1, 0.15) is 5.82 Å². The smallest absolute Gasteiger partial charge is 0.243 e. The lowest BCUT2D eigenvalue weighted by Crippen LogP contribution is -2.41. The van der Waals surface area contributed by atoms with Gasteiger partial charge in [-0.2, -0.15) is 5.10 Å². The molecule has 3 rings (SSSR count). The van der Waals surface area contributed by atoms with Crippen molar-refractivity contribution in [3.8, 4) is 0 Å². The Morgan fingerprint density at radius 1 is 1.36 bits per heavy atom. The summed E-state index contributed by atoms with van der Waals surface area (Å²) in [6.45, 7) is 5.72. The van der Waals surface area contributed by atoms with Crippen LogP contribution < -0.4 is 10.2 Å². The van der Waals surface area contributed by atoms with E-state index in [2.05, 4.69) is 50.0 Å². The van der Waals surface area contributed by atoms with Crippen molar-refractivity contribution >= 4 is 33.3 Å². The van der Waals surface area contributed by atoms with E-state index in [0.717, 1.165) is 29.1 Å². The minimum Gasteiger partial charge on any atom is -0.352 e. The molecule has 1 aliphatic rings. The standard InChI is InChI=1S/C16H17BrN4O/c1-2-15(22)18-9-12-10-20(14-5-3-13(17)4-6-14)16-7-8-19-21(16)11-12/h2-8,12H,1,9-11H2,(H,18,22). The molecular formula is C16H17BrN4O. The normalized spacial score (nSPS) is 17.0. The molecule has 0 saturated heterocycles. The lowest BCUT2D eigenvalue weighted by molar-refractivity contribution is -0.116. The van der Waals surface area contributed by atoms with Crippen molar-refractivity contribution in [1.82, 2.24) is 15.1 Å². The largest absolute Gasteiger partial charge is 0.352 e. The van der Waals surface area contributed by atoms with Crippen molar-refractivity contribution in [3.63, 3.8) is 0 Å².